The Hall–Kier alpha value is -2.22. The minimum atomic E-state index is -4.37. The average Bonchev–Trinajstić information content (AvgIpc) is 2.92. The summed E-state index contributed by atoms with van der Waals surface area (Å²) in [5, 5.41) is 11.4. The fourth-order valence-corrected chi connectivity index (χ4v) is 2.23. The maximum absolute atomic E-state index is 12.4. The summed E-state index contributed by atoms with van der Waals surface area (Å²) in [5.74, 6) is -0.418. The van der Waals surface area contributed by atoms with E-state index in [4.69, 9.17) is 0 Å². The second-order valence-corrected chi connectivity index (χ2v) is 5.36. The number of aryl methyl sites for hydroxylation is 1. The van der Waals surface area contributed by atoms with E-state index in [1.54, 1.807) is 0 Å². The largest absolute Gasteiger partial charge is 0.416 e. The topological polar surface area (TPSA) is 54.9 Å². The van der Waals surface area contributed by atoms with Gasteiger partial charge in [0.1, 0.15) is 5.01 Å². The molecule has 1 N–H and O–H groups in total. The Balaban J connectivity index is 1.97. The number of aromatic nitrogens is 2. The molecule has 0 saturated heterocycles. The zero-order valence-electron chi connectivity index (χ0n) is 11.5. The number of hydrogen-bond donors (Lipinski definition) is 1. The van der Waals surface area contributed by atoms with E-state index in [9.17, 15) is 18.0 Å². The molecule has 0 spiro atoms. The summed E-state index contributed by atoms with van der Waals surface area (Å²) in [6, 6.07) is 4.53. The van der Waals surface area contributed by atoms with Crippen LogP contribution < -0.4 is 5.32 Å². The Labute approximate surface area is 128 Å². The third-order valence-corrected chi connectivity index (χ3v) is 3.65. The van der Waals surface area contributed by atoms with Gasteiger partial charge in [-0.2, -0.15) is 13.2 Å². The molecule has 0 unspecified atom stereocenters. The number of nitrogens with one attached hydrogen (secondary N) is 1. The van der Waals surface area contributed by atoms with Gasteiger partial charge in [-0.15, -0.1) is 10.2 Å². The maximum Gasteiger partial charge on any atom is 0.416 e. The highest BCUT2D eigenvalue weighted by molar-refractivity contribution is 7.15. The number of carbonyl (C=O) groups excluding carboxylic acids is 1. The van der Waals surface area contributed by atoms with Crippen LogP contribution in [0.15, 0.2) is 30.3 Å². The second-order valence-electron chi connectivity index (χ2n) is 4.30. The van der Waals surface area contributed by atoms with Crippen LogP contribution in [-0.4, -0.2) is 16.1 Å². The highest BCUT2D eigenvalue weighted by atomic mass is 32.1. The van der Waals surface area contributed by atoms with Crippen LogP contribution in [0.2, 0.25) is 0 Å². The third-order valence-electron chi connectivity index (χ3n) is 2.66. The first-order valence-corrected chi connectivity index (χ1v) is 7.19. The lowest BCUT2D eigenvalue weighted by Crippen LogP contribution is -2.07. The second kappa shape index (κ2) is 6.69. The highest BCUT2D eigenvalue weighted by Gasteiger charge is 2.29. The molecule has 4 nitrogen and oxygen atoms in total. The molecule has 0 aliphatic carbocycles. The fourth-order valence-electron chi connectivity index (χ4n) is 1.55. The van der Waals surface area contributed by atoms with Gasteiger partial charge in [-0.25, -0.2) is 0 Å². The van der Waals surface area contributed by atoms with Gasteiger partial charge >= 0.3 is 6.18 Å². The molecule has 1 amide bonds. The summed E-state index contributed by atoms with van der Waals surface area (Å²) in [6.07, 6.45) is -0.976. The number of benzene rings is 1. The van der Waals surface area contributed by atoms with Gasteiger partial charge in [-0.05, 0) is 30.2 Å². The SMILES string of the molecule is CCc1nnc(NC(=O)/C=C/c2ccc(C(F)(F)F)cc2)s1. The monoisotopic (exact) mass is 327 g/mol. The molecular formula is C14H12F3N3OS. The summed E-state index contributed by atoms with van der Waals surface area (Å²) in [4.78, 5) is 11.7. The van der Waals surface area contributed by atoms with E-state index in [1.165, 1.54) is 35.6 Å². The standard InChI is InChI=1S/C14H12F3N3OS/c1-2-12-19-20-13(22-12)18-11(21)8-5-9-3-6-10(7-4-9)14(15,16)17/h3-8H,2H2,1H3,(H,18,20,21)/b8-5+. The van der Waals surface area contributed by atoms with E-state index in [2.05, 4.69) is 15.5 Å². The van der Waals surface area contributed by atoms with Crippen LogP contribution in [0.4, 0.5) is 18.3 Å². The zero-order valence-corrected chi connectivity index (χ0v) is 12.3. The molecule has 1 aromatic heterocycles. The van der Waals surface area contributed by atoms with E-state index in [0.717, 1.165) is 23.6 Å². The number of halogens is 3. The van der Waals surface area contributed by atoms with Gasteiger partial charge < -0.3 is 0 Å². The predicted molar refractivity (Wildman–Crippen MR) is 78.4 cm³/mol. The van der Waals surface area contributed by atoms with Gasteiger partial charge in [-0.1, -0.05) is 30.4 Å². The normalized spacial score (nSPS) is 11.8. The quantitative estimate of drug-likeness (QED) is 0.870. The van der Waals surface area contributed by atoms with Crippen LogP contribution in [0, 0.1) is 0 Å². The van der Waals surface area contributed by atoms with Crippen LogP contribution >= 0.6 is 11.3 Å². The van der Waals surface area contributed by atoms with Crippen LogP contribution in [0.25, 0.3) is 6.08 Å². The molecule has 116 valence electrons. The van der Waals surface area contributed by atoms with Crippen molar-refractivity contribution in [2.45, 2.75) is 19.5 Å². The molecule has 2 aromatic rings. The first kappa shape index (κ1) is 16.2. The molecule has 22 heavy (non-hydrogen) atoms. The minimum absolute atomic E-state index is 0.388. The molecular weight excluding hydrogens is 315 g/mol. The lowest BCUT2D eigenvalue weighted by Gasteiger charge is -2.05. The molecule has 0 saturated carbocycles. The predicted octanol–water partition coefficient (Wildman–Crippen LogP) is 3.77. The van der Waals surface area contributed by atoms with Gasteiger partial charge in [0.05, 0.1) is 5.56 Å². The summed E-state index contributed by atoms with van der Waals surface area (Å²) < 4.78 is 37.2. The minimum Gasteiger partial charge on any atom is -0.297 e. The van der Waals surface area contributed by atoms with Gasteiger partial charge in [0.2, 0.25) is 11.0 Å². The molecule has 0 atom stereocenters. The van der Waals surface area contributed by atoms with Gasteiger partial charge in [-0.3, -0.25) is 10.1 Å². The van der Waals surface area contributed by atoms with Crippen molar-refractivity contribution in [1.29, 1.82) is 0 Å². The zero-order chi connectivity index (χ0) is 16.2. The van der Waals surface area contributed by atoms with E-state index in [-0.39, 0.29) is 0 Å². The van der Waals surface area contributed by atoms with Crippen molar-refractivity contribution in [1.82, 2.24) is 10.2 Å². The number of carbonyl (C=O) groups is 1. The van der Waals surface area contributed by atoms with Crippen LogP contribution in [-0.2, 0) is 17.4 Å². The van der Waals surface area contributed by atoms with Gasteiger partial charge in [0, 0.05) is 6.08 Å². The first-order valence-electron chi connectivity index (χ1n) is 6.37. The lowest BCUT2D eigenvalue weighted by atomic mass is 10.1. The first-order chi connectivity index (χ1) is 10.4. The third kappa shape index (κ3) is 4.39. The van der Waals surface area contributed by atoms with Gasteiger partial charge in [0.15, 0.2) is 0 Å². The summed E-state index contributed by atoms with van der Waals surface area (Å²) in [6.45, 7) is 1.93. The highest BCUT2D eigenvalue weighted by Crippen LogP contribution is 2.29. The fraction of sp³-hybridized carbons (Fsp3) is 0.214. The van der Waals surface area contributed by atoms with Crippen LogP contribution in [0.3, 0.4) is 0 Å². The number of amides is 1. The molecule has 0 aliphatic heterocycles. The number of rotatable bonds is 4. The Morgan fingerprint density at radius 1 is 1.27 bits per heavy atom. The van der Waals surface area contributed by atoms with Crippen LogP contribution in [0.5, 0.6) is 0 Å². The van der Waals surface area contributed by atoms with E-state index >= 15 is 0 Å². The Bertz CT molecular complexity index is 677. The molecule has 1 aromatic carbocycles. The van der Waals surface area contributed by atoms with Crippen molar-refractivity contribution in [2.75, 3.05) is 5.32 Å². The lowest BCUT2D eigenvalue weighted by molar-refractivity contribution is -0.137. The molecule has 2 rings (SSSR count). The number of alkyl halides is 3. The molecule has 0 aliphatic rings. The van der Waals surface area contributed by atoms with Gasteiger partial charge in [0.25, 0.3) is 0 Å². The average molecular weight is 327 g/mol. The number of hydrogen-bond acceptors (Lipinski definition) is 4. The Kier molecular flexibility index (Phi) is 4.92. The Morgan fingerprint density at radius 3 is 2.50 bits per heavy atom. The Morgan fingerprint density at radius 2 is 1.95 bits per heavy atom. The van der Waals surface area contributed by atoms with Crippen molar-refractivity contribution in [3.8, 4) is 0 Å². The molecule has 0 fully saturated rings. The van der Waals surface area contributed by atoms with E-state index in [0.29, 0.717) is 10.7 Å². The molecule has 1 heterocycles. The van der Waals surface area contributed by atoms with E-state index < -0.39 is 17.6 Å². The van der Waals surface area contributed by atoms with Crippen molar-refractivity contribution >= 4 is 28.5 Å². The molecule has 8 heteroatoms. The molecule has 0 bridgehead atoms. The van der Waals surface area contributed by atoms with Crippen molar-refractivity contribution < 1.29 is 18.0 Å². The number of nitrogens with zero attached hydrogens (tertiary/aromatic N) is 2. The molecule has 0 radical (unpaired) electrons. The summed E-state index contributed by atoms with van der Waals surface area (Å²) in [5.41, 5.74) is -0.232. The maximum atomic E-state index is 12.4. The summed E-state index contributed by atoms with van der Waals surface area (Å²) in [7, 11) is 0. The van der Waals surface area contributed by atoms with Crippen molar-refractivity contribution in [3.05, 3.63) is 46.5 Å². The number of anilines is 1. The van der Waals surface area contributed by atoms with E-state index in [1.807, 2.05) is 6.92 Å². The van der Waals surface area contributed by atoms with Crippen molar-refractivity contribution in [2.24, 2.45) is 0 Å². The summed E-state index contributed by atoms with van der Waals surface area (Å²) >= 11 is 1.27. The van der Waals surface area contributed by atoms with Crippen LogP contribution in [0.1, 0.15) is 23.1 Å². The smallest absolute Gasteiger partial charge is 0.297 e. The van der Waals surface area contributed by atoms with Crippen molar-refractivity contribution in [3.63, 3.8) is 0 Å².